The molecule has 4 rings (SSSR count). The number of aliphatic hydroxyl groups excluding tert-OH is 1. The summed E-state index contributed by atoms with van der Waals surface area (Å²) in [4.78, 5) is 19.9. The zero-order valence-electron chi connectivity index (χ0n) is 19.4. The van der Waals surface area contributed by atoms with E-state index in [1.807, 2.05) is 13.8 Å². The van der Waals surface area contributed by atoms with Crippen molar-refractivity contribution in [3.8, 4) is 29.1 Å². The molecule has 0 spiro atoms. The smallest absolute Gasteiger partial charge is 0.224 e. The molecule has 1 saturated heterocycles. The van der Waals surface area contributed by atoms with E-state index in [9.17, 15) is 10.4 Å². The van der Waals surface area contributed by atoms with E-state index in [1.54, 1.807) is 31.2 Å². The summed E-state index contributed by atoms with van der Waals surface area (Å²) in [6, 6.07) is 8.91. The van der Waals surface area contributed by atoms with Gasteiger partial charge in [-0.3, -0.25) is 0 Å². The summed E-state index contributed by atoms with van der Waals surface area (Å²) in [5, 5.41) is 19.3. The molecule has 1 aliphatic rings. The van der Waals surface area contributed by atoms with Crippen molar-refractivity contribution < 1.29 is 14.6 Å². The van der Waals surface area contributed by atoms with Crippen molar-refractivity contribution in [2.75, 3.05) is 31.1 Å². The number of hydrogen-bond donors (Lipinski definition) is 2. The molecule has 0 amide bonds. The lowest BCUT2D eigenvalue weighted by molar-refractivity contribution is -0.0279. The number of aromatic nitrogens is 4. The van der Waals surface area contributed by atoms with Gasteiger partial charge >= 0.3 is 0 Å². The maximum Gasteiger partial charge on any atom is 0.224 e. The molecule has 0 bridgehead atoms. The van der Waals surface area contributed by atoms with E-state index in [1.165, 1.54) is 12.4 Å². The van der Waals surface area contributed by atoms with Crippen LogP contribution in [0.1, 0.15) is 36.9 Å². The summed E-state index contributed by atoms with van der Waals surface area (Å²) in [7, 11) is 0. The van der Waals surface area contributed by atoms with E-state index in [2.05, 4.69) is 30.9 Å². The number of aliphatic hydroxyl groups is 1. The quantitative estimate of drug-likeness (QED) is 0.562. The minimum absolute atomic E-state index is 0.0731. The molecule has 176 valence electrons. The van der Waals surface area contributed by atoms with E-state index in [-0.39, 0.29) is 12.1 Å². The number of nitrogens with zero attached hydrogens (tertiary/aromatic N) is 6. The third-order valence-electron chi connectivity index (χ3n) is 5.40. The molecule has 10 heteroatoms. The Morgan fingerprint density at radius 1 is 1.26 bits per heavy atom. The third kappa shape index (κ3) is 5.28. The second kappa shape index (κ2) is 9.69. The van der Waals surface area contributed by atoms with Crippen LogP contribution in [0.5, 0.6) is 11.6 Å². The van der Waals surface area contributed by atoms with Gasteiger partial charge in [-0.25, -0.2) is 15.0 Å². The summed E-state index contributed by atoms with van der Waals surface area (Å²) in [5.74, 6) is 2.42. The molecular formula is C24H27N7O3. The van der Waals surface area contributed by atoms with Crippen molar-refractivity contribution in [2.45, 2.75) is 32.5 Å². The Morgan fingerprint density at radius 2 is 2.03 bits per heavy atom. The van der Waals surface area contributed by atoms with Crippen molar-refractivity contribution in [2.24, 2.45) is 5.73 Å². The molecule has 2 aromatic heterocycles. The molecule has 3 aromatic rings. The van der Waals surface area contributed by atoms with Crippen molar-refractivity contribution in [3.05, 3.63) is 53.6 Å². The highest BCUT2D eigenvalue weighted by Gasteiger charge is 2.28. The normalized spacial score (nSPS) is 16.1. The molecule has 0 saturated carbocycles. The Hall–Kier alpha value is -3.65. The van der Waals surface area contributed by atoms with Crippen molar-refractivity contribution in [1.29, 1.82) is 5.26 Å². The van der Waals surface area contributed by atoms with Crippen LogP contribution in [-0.2, 0) is 4.74 Å². The summed E-state index contributed by atoms with van der Waals surface area (Å²) >= 11 is 0. The van der Waals surface area contributed by atoms with Gasteiger partial charge in [-0.05, 0) is 39.0 Å². The maximum atomic E-state index is 9.91. The first-order chi connectivity index (χ1) is 16.3. The van der Waals surface area contributed by atoms with Crippen LogP contribution in [0.25, 0.3) is 11.4 Å². The van der Waals surface area contributed by atoms with E-state index in [0.29, 0.717) is 59.7 Å². The van der Waals surface area contributed by atoms with Gasteiger partial charge in [0.15, 0.2) is 5.82 Å². The first-order valence-electron chi connectivity index (χ1n) is 10.9. The first kappa shape index (κ1) is 23.5. The van der Waals surface area contributed by atoms with Crippen molar-refractivity contribution >= 4 is 5.82 Å². The molecule has 3 heterocycles. The lowest BCUT2D eigenvalue weighted by Gasteiger charge is -2.38. The van der Waals surface area contributed by atoms with E-state index >= 15 is 0 Å². The molecule has 1 atom stereocenters. The molecule has 0 unspecified atom stereocenters. The predicted octanol–water partition coefficient (Wildman–Crippen LogP) is 2.51. The topological polar surface area (TPSA) is 143 Å². The number of nitrogens with two attached hydrogens (primary N) is 1. The molecule has 1 fully saturated rings. The predicted molar refractivity (Wildman–Crippen MR) is 125 cm³/mol. The minimum Gasteiger partial charge on any atom is -0.438 e. The lowest BCUT2D eigenvalue weighted by atomic mass is 10.1. The Labute approximate surface area is 198 Å². The van der Waals surface area contributed by atoms with E-state index < -0.39 is 6.10 Å². The Morgan fingerprint density at radius 3 is 2.71 bits per heavy atom. The summed E-state index contributed by atoms with van der Waals surface area (Å²) in [5.41, 5.74) is 6.75. The van der Waals surface area contributed by atoms with Crippen LogP contribution >= 0.6 is 0 Å². The summed E-state index contributed by atoms with van der Waals surface area (Å²) in [6.45, 7) is 7.97. The minimum atomic E-state index is -0.835. The Bertz CT molecular complexity index is 1210. The van der Waals surface area contributed by atoms with Gasteiger partial charge < -0.3 is 25.2 Å². The fourth-order valence-corrected chi connectivity index (χ4v) is 3.71. The summed E-state index contributed by atoms with van der Waals surface area (Å²) < 4.78 is 12.0. The van der Waals surface area contributed by atoms with Crippen LogP contribution in [0, 0.1) is 18.3 Å². The van der Waals surface area contributed by atoms with Gasteiger partial charge in [0.1, 0.15) is 17.4 Å². The fourth-order valence-electron chi connectivity index (χ4n) is 3.71. The Balaban J connectivity index is 1.67. The van der Waals surface area contributed by atoms with Crippen LogP contribution < -0.4 is 15.4 Å². The van der Waals surface area contributed by atoms with Gasteiger partial charge in [0.2, 0.25) is 5.88 Å². The second-order valence-electron chi connectivity index (χ2n) is 8.66. The van der Waals surface area contributed by atoms with Gasteiger partial charge in [-0.1, -0.05) is 0 Å². The monoisotopic (exact) mass is 461 g/mol. The number of anilines is 1. The SMILES string of the molecule is Cc1nc(Oc2cc(C#N)ccc2-c2ncc([C@H](O)CN)cn2)cc(N2CCOC(C)(C)C2)n1. The Kier molecular flexibility index (Phi) is 6.70. The standard InChI is InChI=1S/C24H27N7O3/c1-15-29-21(31-6-7-33-24(2,3)14-31)9-22(30-15)34-20-8-16(10-25)4-5-18(20)23-27-12-17(13-28-23)19(32)11-26/h4-5,8-9,12-13,19,32H,6-7,11,14,26H2,1-3H3/t19-/m1/s1. The fraction of sp³-hybridized carbons (Fsp3) is 0.375. The molecular weight excluding hydrogens is 434 g/mol. The molecule has 3 N–H and O–H groups in total. The molecule has 0 radical (unpaired) electrons. The molecule has 10 nitrogen and oxygen atoms in total. The number of nitriles is 1. The van der Waals surface area contributed by atoms with Crippen LogP contribution in [0.4, 0.5) is 5.82 Å². The maximum absolute atomic E-state index is 9.91. The molecule has 34 heavy (non-hydrogen) atoms. The molecule has 0 aliphatic carbocycles. The largest absolute Gasteiger partial charge is 0.438 e. The highest BCUT2D eigenvalue weighted by atomic mass is 16.5. The van der Waals surface area contributed by atoms with Crippen molar-refractivity contribution in [3.63, 3.8) is 0 Å². The lowest BCUT2D eigenvalue weighted by Crippen LogP contribution is -2.48. The zero-order chi connectivity index (χ0) is 24.3. The highest BCUT2D eigenvalue weighted by Crippen LogP contribution is 2.33. The van der Waals surface area contributed by atoms with Crippen LogP contribution in [0.3, 0.4) is 0 Å². The van der Waals surface area contributed by atoms with Gasteiger partial charge in [0.05, 0.1) is 35.5 Å². The molecule has 1 aliphatic heterocycles. The van der Waals surface area contributed by atoms with E-state index in [4.69, 9.17) is 15.2 Å². The average molecular weight is 462 g/mol. The number of ether oxygens (including phenoxy) is 2. The van der Waals surface area contributed by atoms with Crippen LogP contribution in [0.2, 0.25) is 0 Å². The second-order valence-corrected chi connectivity index (χ2v) is 8.66. The number of morpholine rings is 1. The van der Waals surface area contributed by atoms with Crippen LogP contribution in [0.15, 0.2) is 36.7 Å². The average Bonchev–Trinajstić information content (AvgIpc) is 2.82. The zero-order valence-corrected chi connectivity index (χ0v) is 19.4. The third-order valence-corrected chi connectivity index (χ3v) is 5.40. The number of rotatable bonds is 6. The van der Waals surface area contributed by atoms with Crippen molar-refractivity contribution in [1.82, 2.24) is 19.9 Å². The highest BCUT2D eigenvalue weighted by molar-refractivity contribution is 5.66. The van der Waals surface area contributed by atoms with Gasteiger partial charge in [0, 0.05) is 43.7 Å². The summed E-state index contributed by atoms with van der Waals surface area (Å²) in [6.07, 6.45) is 2.21. The first-order valence-corrected chi connectivity index (χ1v) is 10.9. The van der Waals surface area contributed by atoms with E-state index in [0.717, 1.165) is 5.82 Å². The van der Waals surface area contributed by atoms with Crippen LogP contribution in [-0.4, -0.2) is 56.9 Å². The number of benzene rings is 1. The number of aryl methyl sites for hydroxylation is 1. The number of hydrogen-bond acceptors (Lipinski definition) is 10. The van der Waals surface area contributed by atoms with Gasteiger partial charge in [-0.2, -0.15) is 10.2 Å². The van der Waals surface area contributed by atoms with Gasteiger partial charge in [0.25, 0.3) is 0 Å². The molecule has 1 aromatic carbocycles. The van der Waals surface area contributed by atoms with Gasteiger partial charge in [-0.15, -0.1) is 0 Å².